The zero-order chi connectivity index (χ0) is 14.8. The summed E-state index contributed by atoms with van der Waals surface area (Å²) in [6, 6.07) is 9.00. The summed E-state index contributed by atoms with van der Waals surface area (Å²) in [5, 5.41) is 0.477. The normalized spacial score (nSPS) is 11.3. The Labute approximate surface area is 123 Å². The van der Waals surface area contributed by atoms with Crippen molar-refractivity contribution in [3.8, 4) is 0 Å². The van der Waals surface area contributed by atoms with E-state index in [4.69, 9.17) is 11.6 Å². The van der Waals surface area contributed by atoms with E-state index in [0.29, 0.717) is 22.0 Å². The fraction of sp³-hybridized carbons (Fsp3) is 0.214. The number of anilines is 1. The van der Waals surface area contributed by atoms with Crippen molar-refractivity contribution >= 4 is 27.3 Å². The molecule has 2 rings (SSSR count). The molecule has 0 bridgehead atoms. The number of hydrogen-bond acceptors (Lipinski definition) is 3. The molecule has 0 fully saturated rings. The number of benzene rings is 1. The van der Waals surface area contributed by atoms with Crippen molar-refractivity contribution in [2.75, 3.05) is 4.72 Å². The average molecular weight is 311 g/mol. The van der Waals surface area contributed by atoms with Gasteiger partial charge in [0.15, 0.2) is 0 Å². The van der Waals surface area contributed by atoms with Crippen LogP contribution >= 0.6 is 11.6 Å². The Morgan fingerprint density at radius 3 is 2.50 bits per heavy atom. The first kappa shape index (κ1) is 14.8. The molecule has 106 valence electrons. The van der Waals surface area contributed by atoms with Crippen molar-refractivity contribution in [3.63, 3.8) is 0 Å². The molecule has 1 heterocycles. The van der Waals surface area contributed by atoms with Gasteiger partial charge >= 0.3 is 0 Å². The van der Waals surface area contributed by atoms with Crippen LogP contribution in [0.4, 0.5) is 5.69 Å². The molecule has 1 aromatic heterocycles. The molecule has 0 saturated heterocycles. The van der Waals surface area contributed by atoms with E-state index in [1.807, 2.05) is 6.07 Å². The van der Waals surface area contributed by atoms with Crippen LogP contribution in [0, 0.1) is 13.8 Å². The molecule has 0 aliphatic rings. The largest absolute Gasteiger partial charge is 0.281 e. The van der Waals surface area contributed by atoms with Gasteiger partial charge in [0.2, 0.25) is 10.0 Å². The van der Waals surface area contributed by atoms with Gasteiger partial charge in [0.05, 0.1) is 28.4 Å². The zero-order valence-corrected chi connectivity index (χ0v) is 12.8. The van der Waals surface area contributed by atoms with Crippen LogP contribution in [-0.2, 0) is 15.8 Å². The Kier molecular flexibility index (Phi) is 4.30. The predicted molar refractivity (Wildman–Crippen MR) is 81.4 cm³/mol. The molecule has 2 aromatic rings. The van der Waals surface area contributed by atoms with Crippen molar-refractivity contribution in [3.05, 3.63) is 58.4 Å². The molecule has 0 unspecified atom stereocenters. The second kappa shape index (κ2) is 5.81. The highest BCUT2D eigenvalue weighted by atomic mass is 35.5. The van der Waals surface area contributed by atoms with Crippen molar-refractivity contribution in [1.29, 1.82) is 0 Å². The number of aryl methyl sites for hydroxylation is 1. The smallest absolute Gasteiger partial charge is 0.236 e. The minimum atomic E-state index is -3.49. The summed E-state index contributed by atoms with van der Waals surface area (Å²) in [7, 11) is -3.49. The Morgan fingerprint density at radius 2 is 1.85 bits per heavy atom. The molecule has 6 heteroatoms. The molecule has 1 aromatic carbocycles. The first-order valence-electron chi connectivity index (χ1n) is 6.05. The summed E-state index contributed by atoms with van der Waals surface area (Å²) in [5.41, 5.74) is 2.49. The van der Waals surface area contributed by atoms with Crippen LogP contribution in [0.15, 0.2) is 36.5 Å². The average Bonchev–Trinajstić information content (AvgIpc) is 2.40. The topological polar surface area (TPSA) is 59.1 Å². The van der Waals surface area contributed by atoms with Gasteiger partial charge < -0.3 is 0 Å². The van der Waals surface area contributed by atoms with Crippen LogP contribution in [0.2, 0.25) is 5.02 Å². The molecule has 0 radical (unpaired) electrons. The standard InChI is InChI=1S/C14H15ClN2O2S/c1-10-13(8-16-11(2)14(10)15)17-20(18,19)9-12-6-4-3-5-7-12/h3-8,17H,9H2,1-2H3. The third kappa shape index (κ3) is 3.49. The molecular weight excluding hydrogens is 296 g/mol. The molecule has 0 aliphatic carbocycles. The van der Waals surface area contributed by atoms with Crippen LogP contribution in [0.5, 0.6) is 0 Å². The molecule has 20 heavy (non-hydrogen) atoms. The van der Waals surface area contributed by atoms with Crippen molar-refractivity contribution < 1.29 is 8.42 Å². The summed E-state index contributed by atoms with van der Waals surface area (Å²) in [5.74, 6) is -0.0845. The number of sulfonamides is 1. The van der Waals surface area contributed by atoms with Gasteiger partial charge in [-0.25, -0.2) is 8.42 Å². The second-order valence-corrected chi connectivity index (χ2v) is 6.64. The minimum Gasteiger partial charge on any atom is -0.281 e. The number of halogens is 1. The van der Waals surface area contributed by atoms with Crippen LogP contribution in [0.3, 0.4) is 0 Å². The first-order valence-corrected chi connectivity index (χ1v) is 8.08. The quantitative estimate of drug-likeness (QED) is 0.942. The van der Waals surface area contributed by atoms with Gasteiger partial charge in [-0.1, -0.05) is 41.9 Å². The highest BCUT2D eigenvalue weighted by Crippen LogP contribution is 2.26. The lowest BCUT2D eigenvalue weighted by atomic mass is 10.2. The van der Waals surface area contributed by atoms with E-state index in [0.717, 1.165) is 5.56 Å². The van der Waals surface area contributed by atoms with Crippen LogP contribution < -0.4 is 4.72 Å². The first-order chi connectivity index (χ1) is 9.39. The van der Waals surface area contributed by atoms with E-state index in [2.05, 4.69) is 9.71 Å². The van der Waals surface area contributed by atoms with Gasteiger partial charge in [-0.15, -0.1) is 0 Å². The minimum absolute atomic E-state index is 0.0845. The van der Waals surface area contributed by atoms with Crippen molar-refractivity contribution in [1.82, 2.24) is 4.98 Å². The number of nitrogens with one attached hydrogen (secondary N) is 1. The molecule has 0 amide bonds. The van der Waals surface area contributed by atoms with Crippen LogP contribution in [0.25, 0.3) is 0 Å². The number of pyridine rings is 1. The Balaban J connectivity index is 2.23. The lowest BCUT2D eigenvalue weighted by molar-refractivity contribution is 0.600. The third-order valence-electron chi connectivity index (χ3n) is 2.90. The van der Waals surface area contributed by atoms with Gasteiger partial charge in [0.1, 0.15) is 0 Å². The van der Waals surface area contributed by atoms with E-state index in [1.54, 1.807) is 38.1 Å². The van der Waals surface area contributed by atoms with Crippen molar-refractivity contribution in [2.24, 2.45) is 0 Å². The second-order valence-electron chi connectivity index (χ2n) is 4.54. The molecule has 0 atom stereocenters. The van der Waals surface area contributed by atoms with Gasteiger partial charge in [-0.2, -0.15) is 0 Å². The van der Waals surface area contributed by atoms with Gasteiger partial charge in [0, 0.05) is 0 Å². The molecule has 0 saturated carbocycles. The van der Waals surface area contributed by atoms with E-state index in [-0.39, 0.29) is 5.75 Å². The Morgan fingerprint density at radius 1 is 1.20 bits per heavy atom. The monoisotopic (exact) mass is 310 g/mol. The van der Waals surface area contributed by atoms with E-state index < -0.39 is 10.0 Å². The Hall–Kier alpha value is -1.59. The zero-order valence-electron chi connectivity index (χ0n) is 11.2. The van der Waals surface area contributed by atoms with E-state index in [1.165, 1.54) is 6.20 Å². The highest BCUT2D eigenvalue weighted by Gasteiger charge is 2.15. The van der Waals surface area contributed by atoms with E-state index >= 15 is 0 Å². The summed E-state index contributed by atoms with van der Waals surface area (Å²) in [6.07, 6.45) is 1.49. The maximum atomic E-state index is 12.1. The van der Waals surface area contributed by atoms with Gasteiger partial charge in [-0.05, 0) is 25.0 Å². The molecule has 1 N–H and O–H groups in total. The maximum absolute atomic E-state index is 12.1. The van der Waals surface area contributed by atoms with Crippen LogP contribution in [0.1, 0.15) is 16.8 Å². The lowest BCUT2D eigenvalue weighted by Crippen LogP contribution is -2.16. The molecule has 0 aliphatic heterocycles. The molecule has 0 spiro atoms. The summed E-state index contributed by atoms with van der Waals surface area (Å²) < 4.78 is 26.8. The van der Waals surface area contributed by atoms with Crippen molar-refractivity contribution in [2.45, 2.75) is 19.6 Å². The van der Waals surface area contributed by atoms with Gasteiger partial charge in [0.25, 0.3) is 0 Å². The fourth-order valence-corrected chi connectivity index (χ4v) is 3.20. The number of hydrogen-bond donors (Lipinski definition) is 1. The third-order valence-corrected chi connectivity index (χ3v) is 4.70. The Bertz CT molecular complexity index is 715. The molecular formula is C14H15ClN2O2S. The lowest BCUT2D eigenvalue weighted by Gasteiger charge is -2.12. The summed E-state index contributed by atoms with van der Waals surface area (Å²) >= 11 is 6.07. The number of rotatable bonds is 4. The predicted octanol–water partition coefficient (Wildman–Crippen LogP) is 3.29. The summed E-state index contributed by atoms with van der Waals surface area (Å²) in [4.78, 5) is 4.07. The SMILES string of the molecule is Cc1ncc(NS(=O)(=O)Cc2ccccc2)c(C)c1Cl. The maximum Gasteiger partial charge on any atom is 0.236 e. The fourth-order valence-electron chi connectivity index (χ4n) is 1.80. The van der Waals surface area contributed by atoms with Gasteiger partial charge in [-0.3, -0.25) is 9.71 Å². The van der Waals surface area contributed by atoms with E-state index in [9.17, 15) is 8.42 Å². The number of nitrogens with zero attached hydrogens (tertiary/aromatic N) is 1. The number of aromatic nitrogens is 1. The highest BCUT2D eigenvalue weighted by molar-refractivity contribution is 7.91. The van der Waals surface area contributed by atoms with Crippen LogP contribution in [-0.4, -0.2) is 13.4 Å². The summed E-state index contributed by atoms with van der Waals surface area (Å²) in [6.45, 7) is 3.54. The molecule has 4 nitrogen and oxygen atoms in total.